The second-order valence-electron chi connectivity index (χ2n) is 8.62. The number of nitrogens with zero attached hydrogens (tertiary/aromatic N) is 1. The molecule has 0 aliphatic rings. The Kier molecular flexibility index (Phi) is 10.5. The maximum absolute atomic E-state index is 13.4. The second kappa shape index (κ2) is 14.2. The van der Waals surface area contributed by atoms with E-state index in [1.807, 2.05) is 12.1 Å². The van der Waals surface area contributed by atoms with E-state index >= 15 is 0 Å². The molecule has 0 unspecified atom stereocenters. The van der Waals surface area contributed by atoms with Gasteiger partial charge in [0, 0.05) is 11.6 Å². The summed E-state index contributed by atoms with van der Waals surface area (Å²) in [4.78, 5) is 39.1. The van der Waals surface area contributed by atoms with Crippen molar-refractivity contribution in [2.24, 2.45) is 0 Å². The summed E-state index contributed by atoms with van der Waals surface area (Å²) in [6, 6.07) is 21.0. The molecule has 3 rings (SSSR count). The molecule has 3 aromatic carbocycles. The lowest BCUT2D eigenvalue weighted by Crippen LogP contribution is -2.58. The molecule has 210 valence electrons. The molecule has 10 heteroatoms. The number of carbonyl (C=O) groups is 3. The predicted octanol–water partition coefficient (Wildman–Crippen LogP) is 5.16. The fourth-order valence-corrected chi connectivity index (χ4v) is 3.75. The number of ether oxygens (including phenoxy) is 5. The largest absolute Gasteiger partial charge is 0.496 e. The number of rotatable bonds is 12. The van der Waals surface area contributed by atoms with E-state index in [0.717, 1.165) is 10.6 Å². The molecule has 0 spiro atoms. The highest BCUT2D eigenvalue weighted by atomic mass is 16.6. The van der Waals surface area contributed by atoms with Gasteiger partial charge in [-0.3, -0.25) is 0 Å². The van der Waals surface area contributed by atoms with Gasteiger partial charge in [-0.2, -0.15) is 5.01 Å². The van der Waals surface area contributed by atoms with Crippen molar-refractivity contribution in [1.82, 2.24) is 10.4 Å². The van der Waals surface area contributed by atoms with Crippen LogP contribution in [0.15, 0.2) is 85.5 Å². The van der Waals surface area contributed by atoms with Crippen molar-refractivity contribution in [2.75, 3.05) is 20.8 Å². The van der Waals surface area contributed by atoms with Gasteiger partial charge in [-0.15, -0.1) is 0 Å². The summed E-state index contributed by atoms with van der Waals surface area (Å²) >= 11 is 0. The van der Waals surface area contributed by atoms with E-state index in [9.17, 15) is 14.4 Å². The first-order valence-electron chi connectivity index (χ1n) is 12.3. The van der Waals surface area contributed by atoms with Crippen LogP contribution in [0.1, 0.15) is 23.6 Å². The predicted molar refractivity (Wildman–Crippen MR) is 147 cm³/mol. The highest BCUT2D eigenvalue weighted by molar-refractivity contribution is 5.82. The van der Waals surface area contributed by atoms with Crippen molar-refractivity contribution in [3.05, 3.63) is 102 Å². The molecular formula is C30H32N2O8. The van der Waals surface area contributed by atoms with Gasteiger partial charge in [0.05, 0.1) is 14.2 Å². The summed E-state index contributed by atoms with van der Waals surface area (Å²) in [5, 5.41) is 0.762. The third kappa shape index (κ3) is 7.31. The van der Waals surface area contributed by atoms with E-state index in [2.05, 4.69) is 12.0 Å². The van der Waals surface area contributed by atoms with Crippen LogP contribution < -0.4 is 19.6 Å². The summed E-state index contributed by atoms with van der Waals surface area (Å²) < 4.78 is 27.4. The van der Waals surface area contributed by atoms with Crippen molar-refractivity contribution >= 4 is 18.5 Å². The average molecular weight is 549 g/mol. The van der Waals surface area contributed by atoms with Crippen LogP contribution in [0.2, 0.25) is 0 Å². The van der Waals surface area contributed by atoms with Crippen molar-refractivity contribution in [3.8, 4) is 17.2 Å². The van der Waals surface area contributed by atoms with Gasteiger partial charge in [0.15, 0.2) is 17.8 Å². The van der Waals surface area contributed by atoms with E-state index < -0.39 is 17.7 Å². The van der Waals surface area contributed by atoms with Gasteiger partial charge in [0.1, 0.15) is 31.1 Å². The van der Waals surface area contributed by atoms with Crippen LogP contribution in [0, 0.1) is 0 Å². The molecule has 0 aliphatic heterocycles. The number of amides is 2. The molecule has 0 fully saturated rings. The highest BCUT2D eigenvalue weighted by Crippen LogP contribution is 2.41. The molecule has 0 saturated carbocycles. The zero-order chi connectivity index (χ0) is 29.0. The molecule has 0 bridgehead atoms. The fourth-order valence-electron chi connectivity index (χ4n) is 3.75. The van der Waals surface area contributed by atoms with Crippen molar-refractivity contribution in [2.45, 2.75) is 25.7 Å². The Labute approximate surface area is 233 Å². The number of hydrazine groups is 1. The quantitative estimate of drug-likeness (QED) is 0.188. The molecule has 10 nitrogen and oxygen atoms in total. The van der Waals surface area contributed by atoms with Gasteiger partial charge < -0.3 is 28.5 Å². The normalized spacial score (nSPS) is 11.8. The summed E-state index contributed by atoms with van der Waals surface area (Å²) in [6.07, 6.45) is 0.0288. The lowest BCUT2D eigenvalue weighted by atomic mass is 9.91. The standard InChI is InChI=1S/C30H32N2O8/c1-5-16-38-27-17-24(25(36-3)18-26(27)37-4)30(2,21-33)32(29(35)40-20-23-14-10-7-11-15-23)31-28(34)39-19-22-12-8-6-9-13-22/h5-15,17-18,21H,1,16,19-20H2,2-4H3,(H,31,34)/t30-/m1/s1. The third-order valence-electron chi connectivity index (χ3n) is 5.89. The van der Waals surface area contributed by atoms with E-state index in [4.69, 9.17) is 23.7 Å². The molecule has 0 radical (unpaired) electrons. The van der Waals surface area contributed by atoms with Crippen LogP contribution in [0.3, 0.4) is 0 Å². The van der Waals surface area contributed by atoms with Crippen LogP contribution in [0.5, 0.6) is 17.2 Å². The van der Waals surface area contributed by atoms with E-state index in [-0.39, 0.29) is 36.9 Å². The molecule has 0 saturated heterocycles. The maximum Gasteiger partial charge on any atom is 0.430 e. The van der Waals surface area contributed by atoms with Crippen LogP contribution in [0.4, 0.5) is 9.59 Å². The Hall–Kier alpha value is -4.99. The number of nitrogens with one attached hydrogen (secondary N) is 1. The number of methoxy groups -OCH3 is 2. The zero-order valence-corrected chi connectivity index (χ0v) is 22.6. The summed E-state index contributed by atoms with van der Waals surface area (Å²) in [6.45, 7) is 5.03. The van der Waals surface area contributed by atoms with E-state index in [1.165, 1.54) is 33.3 Å². The maximum atomic E-state index is 13.4. The van der Waals surface area contributed by atoms with Crippen LogP contribution >= 0.6 is 0 Å². The summed E-state index contributed by atoms with van der Waals surface area (Å²) in [5.74, 6) is 0.775. The van der Waals surface area contributed by atoms with Gasteiger partial charge in [0.2, 0.25) is 0 Å². The number of hydrogen-bond acceptors (Lipinski definition) is 8. The smallest absolute Gasteiger partial charge is 0.430 e. The van der Waals surface area contributed by atoms with Crippen LogP contribution in [0.25, 0.3) is 0 Å². The van der Waals surface area contributed by atoms with Gasteiger partial charge in [0.25, 0.3) is 0 Å². The minimum absolute atomic E-state index is 0.0667. The van der Waals surface area contributed by atoms with Crippen molar-refractivity contribution in [1.29, 1.82) is 0 Å². The third-order valence-corrected chi connectivity index (χ3v) is 5.89. The number of carbonyl (C=O) groups excluding carboxylic acids is 3. The van der Waals surface area contributed by atoms with E-state index in [1.54, 1.807) is 54.6 Å². The molecule has 1 N–H and O–H groups in total. The van der Waals surface area contributed by atoms with Gasteiger partial charge in [-0.05, 0) is 24.1 Å². The molecule has 3 aromatic rings. The van der Waals surface area contributed by atoms with Crippen LogP contribution in [-0.2, 0) is 33.0 Å². The summed E-state index contributed by atoms with van der Waals surface area (Å²) in [7, 11) is 2.85. The monoisotopic (exact) mass is 548 g/mol. The van der Waals surface area contributed by atoms with E-state index in [0.29, 0.717) is 17.6 Å². The highest BCUT2D eigenvalue weighted by Gasteiger charge is 2.43. The SMILES string of the molecule is C=CCOc1cc([C@@](C)(C=O)N(NC(=O)OCc2ccccc2)C(=O)OCc2ccccc2)c(OC)cc1OC. The number of benzene rings is 3. The average Bonchev–Trinajstić information content (AvgIpc) is 3.00. The Balaban J connectivity index is 1.99. The Morgan fingerprint density at radius 3 is 1.98 bits per heavy atom. The Morgan fingerprint density at radius 1 is 0.875 bits per heavy atom. The molecule has 0 aliphatic carbocycles. The van der Waals surface area contributed by atoms with Crippen molar-refractivity contribution < 1.29 is 38.1 Å². The number of hydrogen-bond donors (Lipinski definition) is 1. The van der Waals surface area contributed by atoms with Gasteiger partial charge >= 0.3 is 12.2 Å². The minimum atomic E-state index is -1.84. The molecule has 40 heavy (non-hydrogen) atoms. The molecule has 0 aromatic heterocycles. The topological polar surface area (TPSA) is 113 Å². The van der Waals surface area contributed by atoms with Gasteiger partial charge in [-0.1, -0.05) is 73.3 Å². The first-order valence-corrected chi connectivity index (χ1v) is 12.3. The Morgan fingerprint density at radius 2 is 1.45 bits per heavy atom. The first kappa shape index (κ1) is 29.6. The minimum Gasteiger partial charge on any atom is -0.496 e. The Bertz CT molecular complexity index is 1300. The summed E-state index contributed by atoms with van der Waals surface area (Å²) in [5.41, 5.74) is 2.16. The lowest BCUT2D eigenvalue weighted by molar-refractivity contribution is -0.119. The second-order valence-corrected chi connectivity index (χ2v) is 8.62. The molecular weight excluding hydrogens is 516 g/mol. The molecule has 1 atom stereocenters. The fraction of sp³-hybridized carbons (Fsp3) is 0.233. The molecule has 2 amide bonds. The van der Waals surface area contributed by atoms with Crippen LogP contribution in [-0.4, -0.2) is 44.3 Å². The zero-order valence-electron chi connectivity index (χ0n) is 22.6. The first-order chi connectivity index (χ1) is 19.4. The number of aldehydes is 1. The lowest BCUT2D eigenvalue weighted by Gasteiger charge is -2.36. The van der Waals surface area contributed by atoms with Crippen molar-refractivity contribution in [3.63, 3.8) is 0 Å². The van der Waals surface area contributed by atoms with Gasteiger partial charge in [-0.25, -0.2) is 15.0 Å². The molecule has 0 heterocycles.